The van der Waals surface area contributed by atoms with Gasteiger partial charge >= 0.3 is 5.97 Å². The van der Waals surface area contributed by atoms with E-state index in [1.54, 1.807) is 19.1 Å². The maximum Gasteiger partial charge on any atom is 0.310 e. The summed E-state index contributed by atoms with van der Waals surface area (Å²) >= 11 is 0. The molecule has 0 aromatic heterocycles. The zero-order valence-corrected chi connectivity index (χ0v) is 9.78. The number of carbonyl (C=O) groups is 1. The molecule has 1 N–H and O–H groups in total. The second-order valence-electron chi connectivity index (χ2n) is 2.32. The van der Waals surface area contributed by atoms with Gasteiger partial charge in [-0.1, -0.05) is 6.92 Å². The Morgan fingerprint density at radius 2 is 1.92 bits per heavy atom. The van der Waals surface area contributed by atoms with E-state index in [1.165, 1.54) is 12.1 Å². The molecule has 4 heteroatoms. The molecule has 0 amide bonds. The predicted octanol–water partition coefficient (Wildman–Crippen LogP) is 1.33. The van der Waals surface area contributed by atoms with Crippen LogP contribution in [0.3, 0.4) is 0 Å². The number of esters is 1. The van der Waals surface area contributed by atoms with Gasteiger partial charge in [-0.2, -0.15) is 0 Å². The van der Waals surface area contributed by atoms with Gasteiger partial charge in [0.1, 0.15) is 11.5 Å². The van der Waals surface area contributed by atoms with E-state index in [4.69, 9.17) is 9.84 Å². The van der Waals surface area contributed by atoms with Crippen molar-refractivity contribution in [2.45, 2.75) is 13.3 Å². The molecule has 0 fully saturated rings. The van der Waals surface area contributed by atoms with Gasteiger partial charge in [-0.05, 0) is 24.3 Å². The van der Waals surface area contributed by atoms with Crippen LogP contribution in [0, 0.1) is 0 Å². The topological polar surface area (TPSA) is 46.5 Å². The van der Waals surface area contributed by atoms with Crippen molar-refractivity contribution >= 4 is 35.5 Å². The number of aromatic hydroxyl groups is 1. The van der Waals surface area contributed by atoms with Gasteiger partial charge in [0.05, 0.1) is 0 Å². The summed E-state index contributed by atoms with van der Waals surface area (Å²) in [6.07, 6.45) is 0.348. The third kappa shape index (κ3) is 4.31. The van der Waals surface area contributed by atoms with Gasteiger partial charge in [0.15, 0.2) is 0 Å². The Morgan fingerprint density at radius 3 is 2.38 bits per heavy atom. The zero-order chi connectivity index (χ0) is 8.97. The van der Waals surface area contributed by atoms with E-state index < -0.39 is 0 Å². The summed E-state index contributed by atoms with van der Waals surface area (Å²) in [6.45, 7) is 1.72. The molecule has 3 nitrogen and oxygen atoms in total. The fourth-order valence-electron chi connectivity index (χ4n) is 0.718. The van der Waals surface area contributed by atoms with Gasteiger partial charge < -0.3 is 9.84 Å². The fraction of sp³-hybridized carbons (Fsp3) is 0.222. The number of phenols is 1. The third-order valence-electron chi connectivity index (χ3n) is 1.36. The molecule has 0 heterocycles. The molecule has 1 aromatic carbocycles. The molecule has 0 spiro atoms. The second kappa shape index (κ2) is 6.02. The molecule has 0 aliphatic rings. The summed E-state index contributed by atoms with van der Waals surface area (Å²) in [5.41, 5.74) is 0. The number of rotatable bonds is 2. The number of carbonyl (C=O) groups excluding carboxylic acids is 1. The predicted molar refractivity (Wildman–Crippen MR) is 49.8 cm³/mol. The summed E-state index contributed by atoms with van der Waals surface area (Å²) < 4.78 is 4.87. The molecule has 0 atom stereocenters. The molecule has 0 bridgehead atoms. The van der Waals surface area contributed by atoms with Gasteiger partial charge in [-0.3, -0.25) is 4.79 Å². The van der Waals surface area contributed by atoms with Crippen molar-refractivity contribution in [1.82, 2.24) is 0 Å². The third-order valence-corrected chi connectivity index (χ3v) is 1.36. The van der Waals surface area contributed by atoms with Crippen molar-refractivity contribution < 1.29 is 14.6 Å². The first-order chi connectivity index (χ1) is 5.72. The van der Waals surface area contributed by atoms with E-state index in [1.807, 2.05) is 0 Å². The number of phenolic OH excluding ortho intramolecular Hbond substituents is 1. The van der Waals surface area contributed by atoms with E-state index in [0.29, 0.717) is 12.2 Å². The average molecular weight is 189 g/mol. The molecule has 0 aliphatic heterocycles. The van der Waals surface area contributed by atoms with Gasteiger partial charge in [0.2, 0.25) is 0 Å². The van der Waals surface area contributed by atoms with Gasteiger partial charge in [-0.15, -0.1) is 0 Å². The van der Waals surface area contributed by atoms with Crippen molar-refractivity contribution in [3.63, 3.8) is 0 Å². The van der Waals surface area contributed by atoms with Crippen molar-refractivity contribution in [1.29, 1.82) is 0 Å². The summed E-state index contributed by atoms with van der Waals surface area (Å²) in [5, 5.41) is 8.91. The summed E-state index contributed by atoms with van der Waals surface area (Å²) in [4.78, 5) is 10.8. The SMILES string of the molecule is CCC(=O)Oc1ccc(O)cc1.[Na]. The summed E-state index contributed by atoms with van der Waals surface area (Å²) in [5.74, 6) is 0.339. The average Bonchev–Trinajstić information content (AvgIpc) is 2.09. The number of hydrogen-bond acceptors (Lipinski definition) is 3. The molecule has 0 saturated carbocycles. The van der Waals surface area contributed by atoms with Crippen molar-refractivity contribution in [2.24, 2.45) is 0 Å². The van der Waals surface area contributed by atoms with Crippen LogP contribution in [0.25, 0.3) is 0 Å². The number of ether oxygens (including phenoxy) is 1. The Bertz CT molecular complexity index is 269. The minimum Gasteiger partial charge on any atom is -0.508 e. The molecular formula is C9H10NaO3. The van der Waals surface area contributed by atoms with Crippen LogP contribution in [-0.4, -0.2) is 40.6 Å². The first-order valence-electron chi connectivity index (χ1n) is 3.72. The smallest absolute Gasteiger partial charge is 0.310 e. The molecule has 1 aromatic rings. The van der Waals surface area contributed by atoms with E-state index in [2.05, 4.69) is 0 Å². The minimum absolute atomic E-state index is 0. The van der Waals surface area contributed by atoms with E-state index >= 15 is 0 Å². The Kier molecular flexibility index (Phi) is 5.79. The Hall–Kier alpha value is -0.510. The fourth-order valence-corrected chi connectivity index (χ4v) is 0.718. The van der Waals surface area contributed by atoms with Gasteiger partial charge in [-0.25, -0.2) is 0 Å². The first kappa shape index (κ1) is 12.5. The Labute approximate surface area is 99.0 Å². The summed E-state index contributed by atoms with van der Waals surface area (Å²) in [7, 11) is 0. The monoisotopic (exact) mass is 189 g/mol. The van der Waals surface area contributed by atoms with Crippen LogP contribution in [0.15, 0.2) is 24.3 Å². The molecule has 0 aliphatic carbocycles. The molecule has 65 valence electrons. The Balaban J connectivity index is 0.00000144. The summed E-state index contributed by atoms with van der Waals surface area (Å²) in [6, 6.07) is 6.03. The van der Waals surface area contributed by atoms with Crippen LogP contribution in [0.1, 0.15) is 13.3 Å². The van der Waals surface area contributed by atoms with Crippen LogP contribution in [0.5, 0.6) is 11.5 Å². The van der Waals surface area contributed by atoms with Crippen molar-refractivity contribution in [2.75, 3.05) is 0 Å². The van der Waals surface area contributed by atoms with Gasteiger partial charge in [0.25, 0.3) is 0 Å². The molecular weight excluding hydrogens is 179 g/mol. The maximum absolute atomic E-state index is 10.8. The van der Waals surface area contributed by atoms with E-state index in [-0.39, 0.29) is 41.3 Å². The van der Waals surface area contributed by atoms with Crippen LogP contribution in [0.4, 0.5) is 0 Å². The van der Waals surface area contributed by atoms with Gasteiger partial charge in [0, 0.05) is 36.0 Å². The van der Waals surface area contributed by atoms with Crippen LogP contribution >= 0.6 is 0 Å². The zero-order valence-electron chi connectivity index (χ0n) is 7.78. The number of hydrogen-bond donors (Lipinski definition) is 1. The number of benzene rings is 1. The minimum atomic E-state index is -0.277. The van der Waals surface area contributed by atoms with Crippen LogP contribution < -0.4 is 4.74 Å². The first-order valence-corrected chi connectivity index (χ1v) is 3.72. The molecule has 0 unspecified atom stereocenters. The van der Waals surface area contributed by atoms with E-state index in [0.717, 1.165) is 0 Å². The molecule has 0 saturated heterocycles. The second-order valence-corrected chi connectivity index (χ2v) is 2.32. The normalized spacial score (nSPS) is 8.69. The van der Waals surface area contributed by atoms with Crippen LogP contribution in [-0.2, 0) is 4.79 Å². The molecule has 1 radical (unpaired) electrons. The Morgan fingerprint density at radius 1 is 1.38 bits per heavy atom. The quantitative estimate of drug-likeness (QED) is 0.433. The molecule has 13 heavy (non-hydrogen) atoms. The van der Waals surface area contributed by atoms with Crippen molar-refractivity contribution in [3.8, 4) is 11.5 Å². The van der Waals surface area contributed by atoms with Crippen molar-refractivity contribution in [3.05, 3.63) is 24.3 Å². The molecule has 1 rings (SSSR count). The van der Waals surface area contributed by atoms with Crippen LogP contribution in [0.2, 0.25) is 0 Å². The van der Waals surface area contributed by atoms with E-state index in [9.17, 15) is 4.79 Å². The standard InChI is InChI=1S/C9H10O3.Na/c1-2-9(11)12-8-5-3-7(10)4-6-8;/h3-6,10H,2H2,1H3;. The maximum atomic E-state index is 10.8. The largest absolute Gasteiger partial charge is 0.508 e.